The van der Waals surface area contributed by atoms with Gasteiger partial charge in [0, 0.05) is 24.7 Å². The lowest BCUT2D eigenvalue weighted by molar-refractivity contribution is -0.384. The van der Waals surface area contributed by atoms with E-state index in [2.05, 4.69) is 4.99 Å². The molecular formula is C14H13N5O5. The predicted octanol–water partition coefficient (Wildman–Crippen LogP) is -0.173. The Morgan fingerprint density at radius 1 is 1.21 bits per heavy atom. The maximum atomic E-state index is 12.5. The highest BCUT2D eigenvalue weighted by molar-refractivity contribution is 5.94. The Balaban J connectivity index is 2.37. The van der Waals surface area contributed by atoms with E-state index in [0.29, 0.717) is 0 Å². The maximum Gasteiger partial charge on any atom is 0.352 e. The third-order valence-corrected chi connectivity index (χ3v) is 4.04. The Labute approximate surface area is 134 Å². The summed E-state index contributed by atoms with van der Waals surface area (Å²) in [6.45, 7) is 2.76. The molecule has 1 aliphatic rings. The zero-order valence-corrected chi connectivity index (χ0v) is 13.1. The number of nitro groups is 1. The monoisotopic (exact) mass is 331 g/mol. The van der Waals surface area contributed by atoms with Crippen LogP contribution in [0, 0.1) is 10.1 Å². The summed E-state index contributed by atoms with van der Waals surface area (Å²) in [5, 5.41) is 10.8. The van der Waals surface area contributed by atoms with Crippen molar-refractivity contribution >= 4 is 17.3 Å². The number of rotatable bonds is 3. The third-order valence-electron chi connectivity index (χ3n) is 4.04. The lowest BCUT2D eigenvalue weighted by atomic mass is 9.96. The molecule has 0 radical (unpaired) electrons. The number of ketones is 1. The summed E-state index contributed by atoms with van der Waals surface area (Å²) in [4.78, 5) is 51.6. The van der Waals surface area contributed by atoms with E-state index in [1.54, 1.807) is 0 Å². The Kier molecular flexibility index (Phi) is 3.15. The molecule has 0 saturated heterocycles. The number of carbonyl (C=O) groups is 1. The summed E-state index contributed by atoms with van der Waals surface area (Å²) >= 11 is 0. The van der Waals surface area contributed by atoms with Gasteiger partial charge in [-0.2, -0.15) is 9.36 Å². The van der Waals surface area contributed by atoms with Crippen molar-refractivity contribution in [2.24, 2.45) is 12.0 Å². The second-order valence-electron chi connectivity index (χ2n) is 5.44. The first kappa shape index (κ1) is 15.6. The highest BCUT2D eigenvalue weighted by atomic mass is 16.6. The Morgan fingerprint density at radius 3 is 2.29 bits per heavy atom. The number of nitrogens with zero attached hydrogens (tertiary/aromatic N) is 5. The van der Waals surface area contributed by atoms with Gasteiger partial charge in [0.25, 0.3) is 5.69 Å². The molecule has 24 heavy (non-hydrogen) atoms. The number of carbonyl (C=O) groups excluding carboxylic acids is 1. The van der Waals surface area contributed by atoms with E-state index in [-0.39, 0.29) is 17.1 Å². The van der Waals surface area contributed by atoms with Gasteiger partial charge in [-0.1, -0.05) is 0 Å². The van der Waals surface area contributed by atoms with Crippen LogP contribution >= 0.6 is 0 Å². The minimum atomic E-state index is -1.75. The quantitative estimate of drug-likeness (QED) is 0.571. The van der Waals surface area contributed by atoms with Gasteiger partial charge in [0.05, 0.1) is 4.92 Å². The molecule has 10 heteroatoms. The summed E-state index contributed by atoms with van der Waals surface area (Å²) in [6, 6.07) is 5.16. The van der Waals surface area contributed by atoms with Crippen LogP contribution in [0.4, 0.5) is 5.69 Å². The molecule has 10 nitrogen and oxygen atoms in total. The van der Waals surface area contributed by atoms with E-state index in [1.165, 1.54) is 45.2 Å². The van der Waals surface area contributed by atoms with E-state index in [4.69, 9.17) is 0 Å². The molecule has 0 bridgehead atoms. The van der Waals surface area contributed by atoms with Gasteiger partial charge in [-0.15, -0.1) is 0 Å². The van der Waals surface area contributed by atoms with Gasteiger partial charge in [0.15, 0.2) is 5.78 Å². The largest absolute Gasteiger partial charge is 0.352 e. The van der Waals surface area contributed by atoms with Gasteiger partial charge < -0.3 is 0 Å². The van der Waals surface area contributed by atoms with Crippen LogP contribution in [0.15, 0.2) is 38.8 Å². The fourth-order valence-corrected chi connectivity index (χ4v) is 2.87. The van der Waals surface area contributed by atoms with E-state index in [9.17, 15) is 24.5 Å². The van der Waals surface area contributed by atoms with E-state index >= 15 is 0 Å². The van der Waals surface area contributed by atoms with Crippen molar-refractivity contribution in [3.05, 3.63) is 60.9 Å². The number of nitro benzene ring substituents is 1. The summed E-state index contributed by atoms with van der Waals surface area (Å²) in [5.74, 6) is -0.305. The molecule has 0 N–H and O–H groups in total. The van der Waals surface area contributed by atoms with Crippen LogP contribution in [-0.4, -0.2) is 30.5 Å². The van der Waals surface area contributed by atoms with Crippen LogP contribution in [0.3, 0.4) is 0 Å². The molecule has 1 unspecified atom stereocenters. The van der Waals surface area contributed by atoms with Crippen molar-refractivity contribution in [3.8, 4) is 0 Å². The van der Waals surface area contributed by atoms with Crippen molar-refractivity contribution < 1.29 is 9.72 Å². The topological polar surface area (TPSA) is 122 Å². The molecule has 0 saturated carbocycles. The van der Waals surface area contributed by atoms with Crippen LogP contribution in [0.1, 0.15) is 19.4 Å². The average molecular weight is 331 g/mol. The van der Waals surface area contributed by atoms with Gasteiger partial charge in [-0.05, 0) is 26.0 Å². The first-order valence-corrected chi connectivity index (χ1v) is 6.96. The zero-order chi connectivity index (χ0) is 17.8. The zero-order valence-electron chi connectivity index (χ0n) is 13.1. The van der Waals surface area contributed by atoms with Crippen LogP contribution in [0.2, 0.25) is 0 Å². The van der Waals surface area contributed by atoms with E-state index in [1.807, 2.05) is 0 Å². The van der Waals surface area contributed by atoms with Crippen molar-refractivity contribution in [2.75, 3.05) is 0 Å². The SMILES string of the molecule is CC(=O)C1(c2ccc([N+](=O)[O-])cc2)N=C(C)n2c(=O)n(C)c(=O)n21. The molecule has 1 atom stereocenters. The van der Waals surface area contributed by atoms with Crippen molar-refractivity contribution in [1.82, 2.24) is 13.9 Å². The first-order chi connectivity index (χ1) is 11.2. The summed E-state index contributed by atoms with van der Waals surface area (Å²) < 4.78 is 2.89. The fourth-order valence-electron chi connectivity index (χ4n) is 2.87. The second kappa shape index (κ2) is 4.85. The second-order valence-corrected chi connectivity index (χ2v) is 5.44. The smallest absolute Gasteiger partial charge is 0.295 e. The molecule has 3 rings (SSSR count). The minimum absolute atomic E-state index is 0.158. The fraction of sp³-hybridized carbons (Fsp3) is 0.286. The summed E-state index contributed by atoms with van der Waals surface area (Å²) in [5.41, 5.74) is -2.97. The molecule has 0 spiro atoms. The molecule has 1 aliphatic heterocycles. The predicted molar refractivity (Wildman–Crippen MR) is 83.3 cm³/mol. The number of aliphatic imine (C=N–C) groups is 1. The molecule has 0 aliphatic carbocycles. The van der Waals surface area contributed by atoms with Gasteiger partial charge in [-0.25, -0.2) is 19.1 Å². The Morgan fingerprint density at radius 2 is 1.79 bits per heavy atom. The van der Waals surface area contributed by atoms with Crippen molar-refractivity contribution in [1.29, 1.82) is 0 Å². The van der Waals surface area contributed by atoms with E-state index in [0.717, 1.165) is 13.9 Å². The van der Waals surface area contributed by atoms with Crippen LogP contribution in [0.25, 0.3) is 0 Å². The van der Waals surface area contributed by atoms with Gasteiger partial charge >= 0.3 is 11.4 Å². The standard InChI is InChI=1S/C14H13N5O5/c1-8(20)14(10-4-6-11(7-5-10)19(23)24)15-9(2)17-12(21)16(3)13(22)18(14)17/h4-7H,1-3H3. The van der Waals surface area contributed by atoms with E-state index < -0.39 is 27.7 Å². The number of aromatic nitrogens is 3. The lowest BCUT2D eigenvalue weighted by Crippen LogP contribution is -2.45. The van der Waals surface area contributed by atoms with Crippen LogP contribution < -0.4 is 11.4 Å². The molecule has 1 aromatic heterocycles. The third kappa shape index (κ3) is 1.76. The summed E-state index contributed by atoms with van der Waals surface area (Å²) in [7, 11) is 1.30. The number of fused-ring (bicyclic) bond motifs is 1. The average Bonchev–Trinajstić information content (AvgIpc) is 2.97. The van der Waals surface area contributed by atoms with Crippen molar-refractivity contribution in [3.63, 3.8) is 0 Å². The minimum Gasteiger partial charge on any atom is -0.295 e. The maximum absolute atomic E-state index is 12.5. The Bertz CT molecular complexity index is 1020. The Hall–Kier alpha value is -3.30. The normalized spacial score (nSPS) is 19.0. The van der Waals surface area contributed by atoms with Crippen LogP contribution in [-0.2, 0) is 17.5 Å². The highest BCUT2D eigenvalue weighted by Crippen LogP contribution is 2.32. The molecule has 0 amide bonds. The molecule has 2 aromatic rings. The van der Waals surface area contributed by atoms with Crippen LogP contribution in [0.5, 0.6) is 0 Å². The first-order valence-electron chi connectivity index (χ1n) is 6.96. The molecule has 124 valence electrons. The van der Waals surface area contributed by atoms with Crippen molar-refractivity contribution in [2.45, 2.75) is 19.5 Å². The summed E-state index contributed by atoms with van der Waals surface area (Å²) in [6.07, 6.45) is 0. The van der Waals surface area contributed by atoms with Gasteiger partial charge in [0.1, 0.15) is 5.84 Å². The molecular weight excluding hydrogens is 318 g/mol. The molecule has 0 fully saturated rings. The number of Topliss-reactive ketones (excluding diaryl/α,β-unsaturated/α-hetero) is 1. The number of non-ortho nitro benzene ring substituents is 1. The lowest BCUT2D eigenvalue weighted by Gasteiger charge is -2.24. The van der Waals surface area contributed by atoms with Gasteiger partial charge in [0.2, 0.25) is 5.66 Å². The molecule has 2 heterocycles. The number of hydrogen-bond donors (Lipinski definition) is 0. The highest BCUT2D eigenvalue weighted by Gasteiger charge is 2.48. The number of benzene rings is 1. The molecule has 1 aromatic carbocycles. The van der Waals surface area contributed by atoms with Gasteiger partial charge in [-0.3, -0.25) is 14.9 Å². The number of hydrogen-bond acceptors (Lipinski definition) is 6.